The molecule has 86 valence electrons. The lowest BCUT2D eigenvalue weighted by Gasteiger charge is -2.11. The number of aliphatic imine (C=N–C) groups is 2. The van der Waals surface area contributed by atoms with Crippen molar-refractivity contribution in [2.24, 2.45) is 9.98 Å². The molecular formula is C14H20N2. The second-order valence-corrected chi connectivity index (χ2v) is 4.05. The van der Waals surface area contributed by atoms with Gasteiger partial charge in [0.2, 0.25) is 0 Å². The van der Waals surface area contributed by atoms with E-state index in [0.717, 1.165) is 23.5 Å². The molecule has 0 N–H and O–H groups in total. The summed E-state index contributed by atoms with van der Waals surface area (Å²) in [5.41, 5.74) is 4.63. The summed E-state index contributed by atoms with van der Waals surface area (Å²) in [4.78, 5) is 8.95. The van der Waals surface area contributed by atoms with E-state index in [1.54, 1.807) is 0 Å². The smallest absolute Gasteiger partial charge is 0.159 e. The van der Waals surface area contributed by atoms with Crippen molar-refractivity contribution in [2.75, 3.05) is 0 Å². The largest absolute Gasteiger partial charge is 0.237 e. The van der Waals surface area contributed by atoms with E-state index in [9.17, 15) is 0 Å². The third-order valence-electron chi connectivity index (χ3n) is 2.75. The molecule has 0 radical (unpaired) electrons. The molecule has 0 unspecified atom stereocenters. The summed E-state index contributed by atoms with van der Waals surface area (Å²) in [5.74, 6) is 0.818. The highest BCUT2D eigenvalue weighted by molar-refractivity contribution is 6.16. The van der Waals surface area contributed by atoms with Crippen molar-refractivity contribution in [1.29, 1.82) is 0 Å². The predicted molar refractivity (Wildman–Crippen MR) is 72.1 cm³/mol. The number of dihydropyridines is 1. The first kappa shape index (κ1) is 12.6. The second kappa shape index (κ2) is 5.59. The van der Waals surface area contributed by atoms with Crippen LogP contribution in [-0.4, -0.2) is 11.5 Å². The highest BCUT2D eigenvalue weighted by Crippen LogP contribution is 2.15. The maximum absolute atomic E-state index is 4.51. The summed E-state index contributed by atoms with van der Waals surface area (Å²) in [7, 11) is 0. The van der Waals surface area contributed by atoms with Gasteiger partial charge in [0.1, 0.15) is 0 Å². The Labute approximate surface area is 98.2 Å². The van der Waals surface area contributed by atoms with Gasteiger partial charge in [-0.15, -0.1) is 0 Å². The Morgan fingerprint density at radius 2 is 2.12 bits per heavy atom. The van der Waals surface area contributed by atoms with Gasteiger partial charge in [-0.2, -0.15) is 0 Å². The van der Waals surface area contributed by atoms with E-state index in [0.29, 0.717) is 0 Å². The van der Waals surface area contributed by atoms with Crippen molar-refractivity contribution in [3.63, 3.8) is 0 Å². The molecule has 0 aromatic rings. The van der Waals surface area contributed by atoms with Crippen molar-refractivity contribution in [1.82, 2.24) is 0 Å². The van der Waals surface area contributed by atoms with E-state index in [2.05, 4.69) is 36.8 Å². The molecule has 1 aliphatic heterocycles. The fourth-order valence-electron chi connectivity index (χ4n) is 1.29. The van der Waals surface area contributed by atoms with Gasteiger partial charge >= 0.3 is 0 Å². The lowest BCUT2D eigenvalue weighted by atomic mass is 10.0. The maximum Gasteiger partial charge on any atom is 0.159 e. The van der Waals surface area contributed by atoms with Crippen LogP contribution in [0.1, 0.15) is 41.0 Å². The molecule has 0 spiro atoms. The van der Waals surface area contributed by atoms with E-state index >= 15 is 0 Å². The van der Waals surface area contributed by atoms with Crippen LogP contribution in [0, 0.1) is 0 Å². The number of hydrogen-bond donors (Lipinski definition) is 0. The first-order valence-corrected chi connectivity index (χ1v) is 5.72. The van der Waals surface area contributed by atoms with Gasteiger partial charge in [0.15, 0.2) is 5.84 Å². The van der Waals surface area contributed by atoms with Gasteiger partial charge in [-0.05, 0) is 45.8 Å². The first-order valence-electron chi connectivity index (χ1n) is 5.72. The zero-order valence-corrected chi connectivity index (χ0v) is 10.8. The third-order valence-corrected chi connectivity index (χ3v) is 2.75. The van der Waals surface area contributed by atoms with Crippen LogP contribution in [-0.2, 0) is 0 Å². The minimum Gasteiger partial charge on any atom is -0.237 e. The first-order chi connectivity index (χ1) is 7.58. The lowest BCUT2D eigenvalue weighted by Crippen LogP contribution is -2.09. The second-order valence-electron chi connectivity index (χ2n) is 4.05. The van der Waals surface area contributed by atoms with Crippen molar-refractivity contribution in [3.8, 4) is 0 Å². The van der Waals surface area contributed by atoms with Crippen LogP contribution in [0.2, 0.25) is 0 Å². The van der Waals surface area contributed by atoms with E-state index in [-0.39, 0.29) is 0 Å². The van der Waals surface area contributed by atoms with Gasteiger partial charge < -0.3 is 0 Å². The molecule has 0 atom stereocenters. The Hall–Kier alpha value is -1.44. The van der Waals surface area contributed by atoms with Crippen LogP contribution >= 0.6 is 0 Å². The maximum atomic E-state index is 4.51. The molecule has 16 heavy (non-hydrogen) atoms. The lowest BCUT2D eigenvalue weighted by molar-refractivity contribution is 1.09. The van der Waals surface area contributed by atoms with E-state index in [1.165, 1.54) is 11.1 Å². The molecule has 2 heteroatoms. The molecule has 0 saturated carbocycles. The Morgan fingerprint density at radius 1 is 1.44 bits per heavy atom. The van der Waals surface area contributed by atoms with Gasteiger partial charge in [-0.3, -0.25) is 0 Å². The molecule has 0 amide bonds. The van der Waals surface area contributed by atoms with E-state index in [1.807, 2.05) is 26.1 Å². The van der Waals surface area contributed by atoms with Gasteiger partial charge in [0, 0.05) is 17.5 Å². The number of amidine groups is 1. The molecule has 0 aromatic carbocycles. The summed E-state index contributed by atoms with van der Waals surface area (Å²) in [6.07, 6.45) is 7.12. The summed E-state index contributed by atoms with van der Waals surface area (Å²) in [5, 5.41) is 0. The molecule has 1 rings (SSSR count). The standard InChI is InChI=1S/C14H20N2/c1-6-10(3)9-15-14-13(7-2)8-11(4)12(5)16-14/h7-9H,6H2,1-5H3/b10-9+,13-7-,15-14-. The quantitative estimate of drug-likeness (QED) is 0.665. The van der Waals surface area contributed by atoms with Crippen LogP contribution in [0.3, 0.4) is 0 Å². The fourth-order valence-corrected chi connectivity index (χ4v) is 1.29. The van der Waals surface area contributed by atoms with E-state index < -0.39 is 0 Å². The monoisotopic (exact) mass is 216 g/mol. The van der Waals surface area contributed by atoms with Gasteiger partial charge in [-0.25, -0.2) is 9.98 Å². The van der Waals surface area contributed by atoms with Crippen LogP contribution in [0.4, 0.5) is 0 Å². The summed E-state index contributed by atoms with van der Waals surface area (Å²) in [6.45, 7) is 10.3. The van der Waals surface area contributed by atoms with Crippen LogP contribution in [0.25, 0.3) is 0 Å². The topological polar surface area (TPSA) is 24.7 Å². The van der Waals surface area contributed by atoms with Crippen LogP contribution in [0.15, 0.2) is 45.1 Å². The SMILES string of the molecule is C/C=C1/C=C(C)C(C)=N/C1=N\C=C(/C)CC. The van der Waals surface area contributed by atoms with Crippen LogP contribution in [0.5, 0.6) is 0 Å². The summed E-state index contributed by atoms with van der Waals surface area (Å²) < 4.78 is 0. The predicted octanol–water partition coefficient (Wildman–Crippen LogP) is 4.07. The number of hydrogen-bond acceptors (Lipinski definition) is 1. The van der Waals surface area contributed by atoms with Crippen molar-refractivity contribution < 1.29 is 0 Å². The number of allylic oxidation sites excluding steroid dienone is 3. The Kier molecular flexibility index (Phi) is 4.41. The normalized spacial score (nSPS) is 22.4. The van der Waals surface area contributed by atoms with Crippen molar-refractivity contribution in [3.05, 3.63) is 35.1 Å². The molecule has 0 saturated heterocycles. The molecule has 2 nitrogen and oxygen atoms in total. The number of nitrogens with zero attached hydrogens (tertiary/aromatic N) is 2. The Morgan fingerprint density at radius 3 is 2.69 bits per heavy atom. The molecule has 1 aliphatic rings. The van der Waals surface area contributed by atoms with Gasteiger partial charge in [0.05, 0.1) is 0 Å². The summed E-state index contributed by atoms with van der Waals surface area (Å²) >= 11 is 0. The molecule has 0 aliphatic carbocycles. The third kappa shape index (κ3) is 3.02. The molecule has 1 heterocycles. The molecule has 0 fully saturated rings. The van der Waals surface area contributed by atoms with Crippen molar-refractivity contribution in [2.45, 2.75) is 41.0 Å². The Bertz CT molecular complexity index is 418. The zero-order valence-electron chi connectivity index (χ0n) is 10.8. The fraction of sp³-hybridized carbons (Fsp3) is 0.429. The highest BCUT2D eigenvalue weighted by atomic mass is 14.9. The minimum absolute atomic E-state index is 0.818. The van der Waals surface area contributed by atoms with Crippen molar-refractivity contribution >= 4 is 11.5 Å². The van der Waals surface area contributed by atoms with Crippen LogP contribution < -0.4 is 0 Å². The van der Waals surface area contributed by atoms with Gasteiger partial charge in [0.25, 0.3) is 0 Å². The summed E-state index contributed by atoms with van der Waals surface area (Å²) in [6, 6.07) is 0. The minimum atomic E-state index is 0.818. The molecule has 0 bridgehead atoms. The number of rotatable bonds is 2. The molecular weight excluding hydrogens is 196 g/mol. The average Bonchev–Trinajstić information content (AvgIpc) is 2.29. The Balaban J connectivity index is 3.06. The molecule has 0 aromatic heterocycles. The average molecular weight is 216 g/mol. The highest BCUT2D eigenvalue weighted by Gasteiger charge is 2.10. The zero-order chi connectivity index (χ0) is 12.1. The van der Waals surface area contributed by atoms with E-state index in [4.69, 9.17) is 0 Å². The van der Waals surface area contributed by atoms with Gasteiger partial charge in [-0.1, -0.05) is 18.6 Å².